The summed E-state index contributed by atoms with van der Waals surface area (Å²) in [6, 6.07) is 6.35. The molecule has 0 spiro atoms. The van der Waals surface area contributed by atoms with Crippen LogP contribution in [0.25, 0.3) is 0 Å². The van der Waals surface area contributed by atoms with Crippen molar-refractivity contribution in [3.8, 4) is 0 Å². The first-order valence-electron chi connectivity index (χ1n) is 6.45. The molecule has 0 bridgehead atoms. The minimum Gasteiger partial charge on any atom is -0.481 e. The van der Waals surface area contributed by atoms with Crippen LogP contribution >= 0.6 is 0 Å². The summed E-state index contributed by atoms with van der Waals surface area (Å²) in [7, 11) is 0. The van der Waals surface area contributed by atoms with Crippen LogP contribution in [-0.2, 0) is 11.3 Å². The van der Waals surface area contributed by atoms with Gasteiger partial charge in [-0.2, -0.15) is 0 Å². The Morgan fingerprint density at radius 2 is 2.33 bits per heavy atom. The van der Waals surface area contributed by atoms with Gasteiger partial charge in [0.25, 0.3) is 0 Å². The predicted molar refractivity (Wildman–Crippen MR) is 69.2 cm³/mol. The topological polar surface area (TPSA) is 53.4 Å². The maximum atomic E-state index is 11.0. The fourth-order valence-corrected chi connectivity index (χ4v) is 2.58. The lowest BCUT2D eigenvalue weighted by molar-refractivity contribution is -0.144. The number of rotatable bonds is 3. The van der Waals surface area contributed by atoms with Crippen molar-refractivity contribution < 1.29 is 9.90 Å². The van der Waals surface area contributed by atoms with E-state index in [4.69, 9.17) is 5.11 Å². The molecular weight excluding hydrogens is 228 g/mol. The van der Waals surface area contributed by atoms with Crippen molar-refractivity contribution in [2.45, 2.75) is 39.3 Å². The molecule has 4 nitrogen and oxygen atoms in total. The second kappa shape index (κ2) is 5.48. The van der Waals surface area contributed by atoms with Crippen LogP contribution < -0.4 is 0 Å². The van der Waals surface area contributed by atoms with Gasteiger partial charge in [0.1, 0.15) is 0 Å². The minimum absolute atomic E-state index is 0.179. The number of carbonyl (C=O) groups is 1. The summed E-state index contributed by atoms with van der Waals surface area (Å²) in [5, 5.41) is 9.04. The van der Waals surface area contributed by atoms with E-state index in [2.05, 4.69) is 16.8 Å². The Kier molecular flexibility index (Phi) is 3.97. The lowest BCUT2D eigenvalue weighted by Gasteiger charge is -2.35. The number of carboxylic acid groups (broad SMARTS) is 1. The van der Waals surface area contributed by atoms with Crippen molar-refractivity contribution in [3.05, 3.63) is 29.6 Å². The average Bonchev–Trinajstić information content (AvgIpc) is 2.31. The SMILES string of the molecule is Cc1cccc(CN2CCC(C(=O)O)CC2C)n1. The van der Waals surface area contributed by atoms with E-state index in [0.29, 0.717) is 6.04 Å². The highest BCUT2D eigenvalue weighted by Crippen LogP contribution is 2.24. The summed E-state index contributed by atoms with van der Waals surface area (Å²) >= 11 is 0. The van der Waals surface area contributed by atoms with Crippen LogP contribution in [0.15, 0.2) is 18.2 Å². The zero-order valence-corrected chi connectivity index (χ0v) is 11.0. The number of aryl methyl sites for hydroxylation is 1. The highest BCUT2D eigenvalue weighted by Gasteiger charge is 2.29. The minimum atomic E-state index is -0.657. The summed E-state index contributed by atoms with van der Waals surface area (Å²) in [6.45, 7) is 5.75. The summed E-state index contributed by atoms with van der Waals surface area (Å²) < 4.78 is 0. The molecule has 1 fully saturated rings. The maximum absolute atomic E-state index is 11.0. The second-order valence-corrected chi connectivity index (χ2v) is 5.15. The highest BCUT2D eigenvalue weighted by molar-refractivity contribution is 5.70. The molecule has 0 aromatic carbocycles. The number of pyridine rings is 1. The third kappa shape index (κ3) is 3.07. The fourth-order valence-electron chi connectivity index (χ4n) is 2.58. The van der Waals surface area contributed by atoms with Crippen molar-refractivity contribution in [3.63, 3.8) is 0 Å². The van der Waals surface area contributed by atoms with Crippen molar-refractivity contribution in [1.29, 1.82) is 0 Å². The lowest BCUT2D eigenvalue weighted by Crippen LogP contribution is -2.42. The third-order valence-electron chi connectivity index (χ3n) is 3.67. The van der Waals surface area contributed by atoms with Crippen LogP contribution in [0, 0.1) is 12.8 Å². The molecule has 98 valence electrons. The van der Waals surface area contributed by atoms with Crippen LogP contribution in [0.2, 0.25) is 0 Å². The zero-order valence-electron chi connectivity index (χ0n) is 11.0. The van der Waals surface area contributed by atoms with Gasteiger partial charge in [0.2, 0.25) is 0 Å². The van der Waals surface area contributed by atoms with E-state index in [1.807, 2.05) is 25.1 Å². The predicted octanol–water partition coefficient (Wildman–Crippen LogP) is 2.08. The summed E-state index contributed by atoms with van der Waals surface area (Å²) in [4.78, 5) is 17.8. The Bertz CT molecular complexity index is 434. The van der Waals surface area contributed by atoms with Crippen molar-refractivity contribution in [2.24, 2.45) is 5.92 Å². The molecule has 1 saturated heterocycles. The number of hydrogen-bond donors (Lipinski definition) is 1. The Morgan fingerprint density at radius 3 is 2.94 bits per heavy atom. The van der Waals surface area contributed by atoms with E-state index >= 15 is 0 Å². The van der Waals surface area contributed by atoms with Crippen LogP contribution in [0.3, 0.4) is 0 Å². The first kappa shape index (κ1) is 13.0. The maximum Gasteiger partial charge on any atom is 0.306 e. The number of aromatic nitrogens is 1. The van der Waals surface area contributed by atoms with E-state index in [1.165, 1.54) is 0 Å². The average molecular weight is 248 g/mol. The molecule has 1 aromatic rings. The summed E-state index contributed by atoms with van der Waals surface area (Å²) in [5.41, 5.74) is 2.09. The smallest absolute Gasteiger partial charge is 0.306 e. The molecule has 4 heteroatoms. The summed E-state index contributed by atoms with van der Waals surface area (Å²) in [5.74, 6) is -0.836. The van der Waals surface area contributed by atoms with Gasteiger partial charge in [-0.3, -0.25) is 14.7 Å². The lowest BCUT2D eigenvalue weighted by atomic mass is 9.91. The number of piperidine rings is 1. The number of likely N-dealkylation sites (tertiary alicyclic amines) is 1. The standard InChI is InChI=1S/C14H20N2O2/c1-10-4-3-5-13(15-10)9-16-7-6-12(14(17)18)8-11(16)2/h3-5,11-12H,6-9H2,1-2H3,(H,17,18). The van der Waals surface area contributed by atoms with Gasteiger partial charge in [0, 0.05) is 18.3 Å². The van der Waals surface area contributed by atoms with Gasteiger partial charge in [-0.25, -0.2) is 0 Å². The van der Waals surface area contributed by atoms with E-state index < -0.39 is 5.97 Å². The Balaban J connectivity index is 1.97. The molecule has 0 aliphatic carbocycles. The molecule has 0 radical (unpaired) electrons. The van der Waals surface area contributed by atoms with Gasteiger partial charge in [-0.05, 0) is 45.4 Å². The van der Waals surface area contributed by atoms with Crippen molar-refractivity contribution in [1.82, 2.24) is 9.88 Å². The number of aliphatic carboxylic acids is 1. The molecule has 1 aliphatic rings. The van der Waals surface area contributed by atoms with Gasteiger partial charge in [0.15, 0.2) is 0 Å². The molecule has 2 unspecified atom stereocenters. The van der Waals surface area contributed by atoms with Crippen molar-refractivity contribution >= 4 is 5.97 Å². The highest BCUT2D eigenvalue weighted by atomic mass is 16.4. The van der Waals surface area contributed by atoms with E-state index in [9.17, 15) is 4.79 Å². The molecule has 2 atom stereocenters. The molecule has 1 N–H and O–H groups in total. The monoisotopic (exact) mass is 248 g/mol. The first-order valence-corrected chi connectivity index (χ1v) is 6.45. The number of hydrogen-bond acceptors (Lipinski definition) is 3. The number of carboxylic acids is 1. The number of nitrogens with zero attached hydrogens (tertiary/aromatic N) is 2. The van der Waals surface area contributed by atoms with Gasteiger partial charge >= 0.3 is 5.97 Å². The molecule has 18 heavy (non-hydrogen) atoms. The van der Waals surface area contributed by atoms with E-state index in [0.717, 1.165) is 37.3 Å². The molecule has 1 aliphatic heterocycles. The Hall–Kier alpha value is -1.42. The largest absolute Gasteiger partial charge is 0.481 e. The molecule has 0 amide bonds. The van der Waals surface area contributed by atoms with Crippen LogP contribution in [0.4, 0.5) is 0 Å². The van der Waals surface area contributed by atoms with Gasteiger partial charge in [0.05, 0.1) is 11.6 Å². The fraction of sp³-hybridized carbons (Fsp3) is 0.571. The molecule has 2 heterocycles. The first-order chi connectivity index (χ1) is 8.56. The Labute approximate surface area is 108 Å². The van der Waals surface area contributed by atoms with Crippen molar-refractivity contribution in [2.75, 3.05) is 6.54 Å². The summed E-state index contributed by atoms with van der Waals surface area (Å²) in [6.07, 6.45) is 1.48. The van der Waals surface area contributed by atoms with Gasteiger partial charge in [-0.15, -0.1) is 0 Å². The van der Waals surface area contributed by atoms with Crippen LogP contribution in [0.5, 0.6) is 0 Å². The zero-order chi connectivity index (χ0) is 13.1. The third-order valence-corrected chi connectivity index (χ3v) is 3.67. The van der Waals surface area contributed by atoms with Crippen LogP contribution in [0.1, 0.15) is 31.2 Å². The molecule has 0 saturated carbocycles. The second-order valence-electron chi connectivity index (χ2n) is 5.15. The molecule has 1 aromatic heterocycles. The van der Waals surface area contributed by atoms with E-state index in [1.54, 1.807) is 0 Å². The quantitative estimate of drug-likeness (QED) is 0.889. The van der Waals surface area contributed by atoms with Gasteiger partial charge in [-0.1, -0.05) is 6.07 Å². The van der Waals surface area contributed by atoms with Crippen LogP contribution in [-0.4, -0.2) is 33.5 Å². The van der Waals surface area contributed by atoms with Gasteiger partial charge < -0.3 is 5.11 Å². The Morgan fingerprint density at radius 1 is 1.56 bits per heavy atom. The molecule has 2 rings (SSSR count). The molecular formula is C14H20N2O2. The normalized spacial score (nSPS) is 25.0. The van der Waals surface area contributed by atoms with E-state index in [-0.39, 0.29) is 5.92 Å².